The van der Waals surface area contributed by atoms with E-state index in [1.807, 2.05) is 13.8 Å². The topological polar surface area (TPSA) is 35.2 Å². The summed E-state index contributed by atoms with van der Waals surface area (Å²) in [6, 6.07) is 6.64. The molecule has 0 saturated heterocycles. The lowest BCUT2D eigenvalue weighted by Gasteiger charge is -2.26. The molecule has 0 atom stereocenters. The Balaban J connectivity index is 2.44. The Labute approximate surface area is 96.6 Å². The van der Waals surface area contributed by atoms with Crippen molar-refractivity contribution in [2.45, 2.75) is 38.8 Å². The highest BCUT2D eigenvalue weighted by molar-refractivity contribution is 5.16. The van der Waals surface area contributed by atoms with Crippen molar-refractivity contribution in [2.75, 3.05) is 6.61 Å². The molecular weight excluding hydrogens is 205 g/mol. The van der Waals surface area contributed by atoms with E-state index in [1.54, 1.807) is 18.2 Å². The summed E-state index contributed by atoms with van der Waals surface area (Å²) < 4.78 is 18.7. The van der Waals surface area contributed by atoms with E-state index in [4.69, 9.17) is 10.5 Å². The van der Waals surface area contributed by atoms with Gasteiger partial charge in [-0.1, -0.05) is 32.0 Å². The lowest BCUT2D eigenvalue weighted by molar-refractivity contribution is 0.0680. The average molecular weight is 225 g/mol. The van der Waals surface area contributed by atoms with E-state index in [0.29, 0.717) is 12.2 Å². The SMILES string of the molecule is CCC(N)(CC)COCc1ccccc1F. The third-order valence-corrected chi connectivity index (χ3v) is 3.01. The summed E-state index contributed by atoms with van der Waals surface area (Å²) in [5.74, 6) is -0.224. The minimum absolute atomic E-state index is 0.224. The van der Waals surface area contributed by atoms with Crippen LogP contribution in [0, 0.1) is 5.82 Å². The van der Waals surface area contributed by atoms with E-state index < -0.39 is 0 Å². The van der Waals surface area contributed by atoms with Crippen LogP contribution in [0.25, 0.3) is 0 Å². The molecule has 2 nitrogen and oxygen atoms in total. The summed E-state index contributed by atoms with van der Waals surface area (Å²) in [4.78, 5) is 0. The normalized spacial score (nSPS) is 11.8. The molecule has 0 unspecified atom stereocenters. The number of halogens is 1. The Hall–Kier alpha value is -0.930. The summed E-state index contributed by atoms with van der Waals surface area (Å²) in [5, 5.41) is 0. The van der Waals surface area contributed by atoms with Gasteiger partial charge in [0.25, 0.3) is 0 Å². The quantitative estimate of drug-likeness (QED) is 0.808. The van der Waals surface area contributed by atoms with Gasteiger partial charge in [0, 0.05) is 11.1 Å². The number of rotatable bonds is 6. The van der Waals surface area contributed by atoms with Crippen molar-refractivity contribution in [2.24, 2.45) is 5.73 Å². The summed E-state index contributed by atoms with van der Waals surface area (Å²) in [5.41, 5.74) is 6.37. The van der Waals surface area contributed by atoms with Gasteiger partial charge >= 0.3 is 0 Å². The van der Waals surface area contributed by atoms with Crippen LogP contribution in [-0.4, -0.2) is 12.1 Å². The molecular formula is C13H20FNO. The van der Waals surface area contributed by atoms with Gasteiger partial charge in [-0.3, -0.25) is 0 Å². The van der Waals surface area contributed by atoms with Crippen LogP contribution in [0.15, 0.2) is 24.3 Å². The van der Waals surface area contributed by atoms with E-state index in [9.17, 15) is 4.39 Å². The van der Waals surface area contributed by atoms with Gasteiger partial charge in [-0.15, -0.1) is 0 Å². The maximum absolute atomic E-state index is 13.3. The number of ether oxygens (including phenoxy) is 1. The Kier molecular flexibility index (Phi) is 4.90. The summed E-state index contributed by atoms with van der Waals surface area (Å²) in [7, 11) is 0. The van der Waals surface area contributed by atoms with E-state index in [1.165, 1.54) is 6.07 Å². The smallest absolute Gasteiger partial charge is 0.128 e. The van der Waals surface area contributed by atoms with Crippen molar-refractivity contribution in [1.82, 2.24) is 0 Å². The van der Waals surface area contributed by atoms with Gasteiger partial charge in [-0.25, -0.2) is 4.39 Å². The van der Waals surface area contributed by atoms with Crippen molar-refractivity contribution in [3.05, 3.63) is 35.6 Å². The molecule has 0 fully saturated rings. The third-order valence-electron chi connectivity index (χ3n) is 3.01. The molecule has 0 spiro atoms. The molecule has 2 N–H and O–H groups in total. The molecule has 16 heavy (non-hydrogen) atoms. The maximum atomic E-state index is 13.3. The lowest BCUT2D eigenvalue weighted by Crippen LogP contribution is -2.43. The van der Waals surface area contributed by atoms with Gasteiger partial charge in [0.15, 0.2) is 0 Å². The van der Waals surface area contributed by atoms with Crippen LogP contribution in [0.2, 0.25) is 0 Å². The number of hydrogen-bond donors (Lipinski definition) is 1. The largest absolute Gasteiger partial charge is 0.375 e. The minimum Gasteiger partial charge on any atom is -0.375 e. The fourth-order valence-corrected chi connectivity index (χ4v) is 1.43. The standard InChI is InChI=1S/C13H20FNO/c1-3-13(15,4-2)10-16-9-11-7-5-6-8-12(11)14/h5-8H,3-4,9-10,15H2,1-2H3. The Morgan fingerprint density at radius 1 is 1.25 bits per heavy atom. The van der Waals surface area contributed by atoms with Crippen molar-refractivity contribution in [1.29, 1.82) is 0 Å². The predicted molar refractivity (Wildman–Crippen MR) is 63.6 cm³/mol. The number of nitrogens with two attached hydrogens (primary N) is 1. The van der Waals surface area contributed by atoms with Crippen molar-refractivity contribution in [3.63, 3.8) is 0 Å². The summed E-state index contributed by atoms with van der Waals surface area (Å²) in [6.07, 6.45) is 1.72. The average Bonchev–Trinajstić information content (AvgIpc) is 2.31. The molecule has 0 heterocycles. The molecule has 90 valence electrons. The molecule has 0 bridgehead atoms. The monoisotopic (exact) mass is 225 g/mol. The van der Waals surface area contributed by atoms with Gasteiger partial charge in [-0.05, 0) is 18.9 Å². The van der Waals surface area contributed by atoms with Crippen LogP contribution in [-0.2, 0) is 11.3 Å². The minimum atomic E-state index is -0.286. The molecule has 0 aliphatic rings. The van der Waals surface area contributed by atoms with E-state index >= 15 is 0 Å². The van der Waals surface area contributed by atoms with E-state index in [-0.39, 0.29) is 18.0 Å². The first-order chi connectivity index (χ1) is 7.61. The molecule has 1 aromatic rings. The predicted octanol–water partition coefficient (Wildman–Crippen LogP) is 2.86. The molecule has 1 rings (SSSR count). The first-order valence-corrected chi connectivity index (χ1v) is 5.71. The van der Waals surface area contributed by atoms with Crippen LogP contribution in [0.3, 0.4) is 0 Å². The molecule has 0 radical (unpaired) electrons. The zero-order chi connectivity index (χ0) is 12.0. The molecule has 0 amide bonds. The first-order valence-electron chi connectivity index (χ1n) is 5.71. The lowest BCUT2D eigenvalue weighted by atomic mass is 9.96. The van der Waals surface area contributed by atoms with Crippen LogP contribution < -0.4 is 5.73 Å². The molecule has 0 aliphatic heterocycles. The van der Waals surface area contributed by atoms with Gasteiger partial charge < -0.3 is 10.5 Å². The van der Waals surface area contributed by atoms with Crippen molar-refractivity contribution < 1.29 is 9.13 Å². The van der Waals surface area contributed by atoms with Gasteiger partial charge in [0.05, 0.1) is 13.2 Å². The zero-order valence-electron chi connectivity index (χ0n) is 10.0. The molecule has 1 aromatic carbocycles. The highest BCUT2D eigenvalue weighted by Gasteiger charge is 2.20. The van der Waals surface area contributed by atoms with E-state index in [0.717, 1.165) is 12.8 Å². The third kappa shape index (κ3) is 3.58. The summed E-state index contributed by atoms with van der Waals surface area (Å²) in [6.45, 7) is 4.83. The molecule has 3 heteroatoms. The van der Waals surface area contributed by atoms with Gasteiger partial charge in [0.1, 0.15) is 5.82 Å². The molecule has 0 aromatic heterocycles. The second-order valence-electron chi connectivity index (χ2n) is 4.15. The number of hydrogen-bond acceptors (Lipinski definition) is 2. The summed E-state index contributed by atoms with van der Waals surface area (Å²) >= 11 is 0. The van der Waals surface area contributed by atoms with Gasteiger partial charge in [-0.2, -0.15) is 0 Å². The number of benzene rings is 1. The van der Waals surface area contributed by atoms with Crippen LogP contribution in [0.4, 0.5) is 4.39 Å². The maximum Gasteiger partial charge on any atom is 0.128 e. The Bertz CT molecular complexity index is 323. The fourth-order valence-electron chi connectivity index (χ4n) is 1.43. The van der Waals surface area contributed by atoms with Crippen molar-refractivity contribution in [3.8, 4) is 0 Å². The second kappa shape index (κ2) is 5.97. The highest BCUT2D eigenvalue weighted by atomic mass is 19.1. The van der Waals surface area contributed by atoms with Crippen LogP contribution in [0.5, 0.6) is 0 Å². The van der Waals surface area contributed by atoms with Crippen molar-refractivity contribution >= 4 is 0 Å². The Morgan fingerprint density at radius 3 is 2.44 bits per heavy atom. The Morgan fingerprint density at radius 2 is 1.88 bits per heavy atom. The second-order valence-corrected chi connectivity index (χ2v) is 4.15. The van der Waals surface area contributed by atoms with Crippen LogP contribution in [0.1, 0.15) is 32.3 Å². The van der Waals surface area contributed by atoms with Crippen LogP contribution >= 0.6 is 0 Å². The zero-order valence-corrected chi connectivity index (χ0v) is 10.0. The first kappa shape index (κ1) is 13.1. The highest BCUT2D eigenvalue weighted by Crippen LogP contribution is 2.14. The molecule has 0 saturated carbocycles. The van der Waals surface area contributed by atoms with Gasteiger partial charge in [0.2, 0.25) is 0 Å². The molecule has 0 aliphatic carbocycles. The van der Waals surface area contributed by atoms with E-state index in [2.05, 4.69) is 0 Å². The fraction of sp³-hybridized carbons (Fsp3) is 0.538.